The number of nitrogens with zero attached hydrogens (tertiary/aromatic N) is 3. The maximum atomic E-state index is 15.0. The molecule has 2 aromatic heterocycles. The Morgan fingerprint density at radius 2 is 1.78 bits per heavy atom. The second-order valence-electron chi connectivity index (χ2n) is 8.40. The van der Waals surface area contributed by atoms with Gasteiger partial charge >= 0.3 is 7.12 Å². The van der Waals surface area contributed by atoms with E-state index in [9.17, 15) is 0 Å². The Bertz CT molecular complexity index is 815. The van der Waals surface area contributed by atoms with E-state index >= 15 is 4.39 Å². The molecule has 3 heterocycles. The molecule has 0 radical (unpaired) electrons. The number of aromatic nitrogens is 3. The van der Waals surface area contributed by atoms with Crippen LogP contribution in [0.3, 0.4) is 0 Å². The molecular weight excluding hydrogens is 344 g/mol. The van der Waals surface area contributed by atoms with Gasteiger partial charge in [-0.2, -0.15) is 5.10 Å². The summed E-state index contributed by atoms with van der Waals surface area (Å²) >= 11 is 0. The second-order valence-corrected chi connectivity index (χ2v) is 8.40. The normalized spacial score (nSPS) is 19.1. The summed E-state index contributed by atoms with van der Waals surface area (Å²) in [5.41, 5.74) is 0.657. The fourth-order valence-corrected chi connectivity index (χ4v) is 2.92. The van der Waals surface area contributed by atoms with Crippen LogP contribution in [0.4, 0.5) is 4.39 Å². The number of rotatable bonds is 5. The van der Waals surface area contributed by atoms with Crippen LogP contribution in [-0.2, 0) is 15.9 Å². The van der Waals surface area contributed by atoms with E-state index < -0.39 is 24.0 Å². The van der Waals surface area contributed by atoms with Crippen LogP contribution in [0, 0.1) is 5.92 Å². The predicted octanol–water partition coefficient (Wildman–Crippen LogP) is 4.54. The van der Waals surface area contributed by atoms with Gasteiger partial charge in [-0.25, -0.2) is 4.39 Å². The van der Waals surface area contributed by atoms with Gasteiger partial charge < -0.3 is 9.31 Å². The van der Waals surface area contributed by atoms with Crippen LogP contribution in [0.5, 0.6) is 0 Å². The van der Waals surface area contributed by atoms with Gasteiger partial charge in [0.1, 0.15) is 5.73 Å². The van der Waals surface area contributed by atoms with E-state index in [2.05, 4.69) is 23.9 Å². The van der Waals surface area contributed by atoms with Crippen molar-refractivity contribution in [3.8, 4) is 11.3 Å². The minimum atomic E-state index is -1.02. The zero-order valence-corrected chi connectivity index (χ0v) is 16.9. The largest absolute Gasteiger partial charge is 0.525 e. The lowest BCUT2D eigenvalue weighted by molar-refractivity contribution is 0.00578. The van der Waals surface area contributed by atoms with E-state index in [4.69, 9.17) is 9.31 Å². The Morgan fingerprint density at radius 1 is 1.19 bits per heavy atom. The summed E-state index contributed by atoms with van der Waals surface area (Å²) < 4.78 is 28.5. The summed E-state index contributed by atoms with van der Waals surface area (Å²) in [6.07, 6.45) is 6.73. The number of hydrogen-bond acceptors (Lipinski definition) is 4. The van der Waals surface area contributed by atoms with Gasteiger partial charge in [0.15, 0.2) is 0 Å². The van der Waals surface area contributed by atoms with Crippen LogP contribution in [0.2, 0.25) is 0 Å². The predicted molar refractivity (Wildman–Crippen MR) is 105 cm³/mol. The van der Waals surface area contributed by atoms with Gasteiger partial charge in [-0.1, -0.05) is 13.8 Å². The first-order valence-corrected chi connectivity index (χ1v) is 9.29. The lowest BCUT2D eigenvalue weighted by Gasteiger charge is -2.32. The average Bonchev–Trinajstić information content (AvgIpc) is 3.05. The maximum absolute atomic E-state index is 15.0. The third-order valence-corrected chi connectivity index (χ3v) is 5.07. The van der Waals surface area contributed by atoms with Crippen molar-refractivity contribution in [2.45, 2.75) is 59.3 Å². The summed E-state index contributed by atoms with van der Waals surface area (Å²) in [5.74, 6) is 0.431. The van der Waals surface area contributed by atoms with E-state index in [1.165, 1.54) is 6.08 Å². The molecule has 1 aliphatic heterocycles. The van der Waals surface area contributed by atoms with Crippen LogP contribution >= 0.6 is 0 Å². The monoisotopic (exact) mass is 371 g/mol. The van der Waals surface area contributed by atoms with Gasteiger partial charge in [0, 0.05) is 36.3 Å². The highest BCUT2D eigenvalue weighted by molar-refractivity contribution is 6.54. The van der Waals surface area contributed by atoms with Crippen LogP contribution in [0.25, 0.3) is 17.3 Å². The molecule has 144 valence electrons. The molecule has 1 aliphatic rings. The summed E-state index contributed by atoms with van der Waals surface area (Å²) in [5, 5.41) is 4.65. The Labute approximate surface area is 160 Å². The minimum Gasteiger partial charge on any atom is -0.398 e. The van der Waals surface area contributed by atoms with Crippen molar-refractivity contribution in [3.63, 3.8) is 0 Å². The molecule has 5 nitrogen and oxygen atoms in total. The van der Waals surface area contributed by atoms with Crippen molar-refractivity contribution < 1.29 is 13.7 Å². The fourth-order valence-electron chi connectivity index (χ4n) is 2.92. The number of pyridine rings is 1. The van der Waals surface area contributed by atoms with Gasteiger partial charge in [-0.3, -0.25) is 9.67 Å². The lowest BCUT2D eigenvalue weighted by Crippen LogP contribution is -2.41. The first-order chi connectivity index (χ1) is 12.6. The molecule has 0 aliphatic carbocycles. The topological polar surface area (TPSA) is 49.2 Å². The van der Waals surface area contributed by atoms with Crippen LogP contribution in [0.15, 0.2) is 36.4 Å². The van der Waals surface area contributed by atoms with Crippen molar-refractivity contribution >= 4 is 13.2 Å². The molecular formula is C20H27BFN3O2. The van der Waals surface area contributed by atoms with E-state index in [0.29, 0.717) is 17.2 Å². The Hall–Kier alpha value is -1.99. The summed E-state index contributed by atoms with van der Waals surface area (Å²) in [6.45, 7) is 12.6. The number of hydrogen-bond donors (Lipinski definition) is 0. The zero-order valence-electron chi connectivity index (χ0n) is 16.9. The van der Waals surface area contributed by atoms with E-state index in [0.717, 1.165) is 12.1 Å². The van der Waals surface area contributed by atoms with Crippen molar-refractivity contribution in [1.29, 1.82) is 0 Å². The molecule has 0 amide bonds. The first kappa shape index (κ1) is 19.8. The fraction of sp³-hybridized carbons (Fsp3) is 0.500. The zero-order chi connectivity index (χ0) is 19.8. The van der Waals surface area contributed by atoms with Crippen LogP contribution in [0.1, 0.15) is 47.1 Å². The molecule has 3 rings (SSSR count). The molecule has 0 saturated carbocycles. The van der Waals surface area contributed by atoms with E-state index in [1.54, 1.807) is 12.4 Å². The van der Waals surface area contributed by atoms with Crippen LogP contribution < -0.4 is 0 Å². The van der Waals surface area contributed by atoms with E-state index in [1.807, 2.05) is 50.7 Å². The van der Waals surface area contributed by atoms with Crippen molar-refractivity contribution in [3.05, 3.63) is 42.0 Å². The highest BCUT2D eigenvalue weighted by Crippen LogP contribution is 2.39. The quantitative estimate of drug-likeness (QED) is 0.724. The van der Waals surface area contributed by atoms with Gasteiger partial charge in [0.05, 0.1) is 16.9 Å². The Morgan fingerprint density at radius 3 is 2.33 bits per heavy atom. The van der Waals surface area contributed by atoms with Gasteiger partial charge in [-0.15, -0.1) is 0 Å². The second kappa shape index (κ2) is 7.21. The smallest absolute Gasteiger partial charge is 0.398 e. The number of halogens is 1. The highest BCUT2D eigenvalue weighted by Gasteiger charge is 2.53. The molecule has 27 heavy (non-hydrogen) atoms. The molecule has 0 aromatic carbocycles. The van der Waals surface area contributed by atoms with Crippen molar-refractivity contribution in [1.82, 2.24) is 14.8 Å². The molecule has 0 N–H and O–H groups in total. The maximum Gasteiger partial charge on any atom is 0.525 e. The summed E-state index contributed by atoms with van der Waals surface area (Å²) in [4.78, 5) is 4.05. The standard InChI is InChI=1S/C20H27BFN3O2/c1-14(2)12-25-13-16(18(24-25)15-7-9-23-10-8-15)11-17(22)21-26-19(3,4)20(5,6)27-21/h7-11,13-14H,12H2,1-6H3. The molecule has 0 spiro atoms. The highest BCUT2D eigenvalue weighted by atomic mass is 19.1. The summed E-state index contributed by atoms with van der Waals surface area (Å²) in [6, 6.07) is 3.73. The third kappa shape index (κ3) is 4.14. The van der Waals surface area contributed by atoms with Gasteiger partial charge in [0.2, 0.25) is 0 Å². The molecule has 7 heteroatoms. The average molecular weight is 371 g/mol. The third-order valence-electron chi connectivity index (χ3n) is 5.07. The molecule has 2 aromatic rings. The SMILES string of the molecule is CC(C)Cn1cc(C=C(F)B2OC(C)(C)C(C)(C)O2)c(-c2ccncc2)n1. The Balaban J connectivity index is 1.96. The first-order valence-electron chi connectivity index (χ1n) is 9.29. The molecule has 0 unspecified atom stereocenters. The van der Waals surface area contributed by atoms with Crippen molar-refractivity contribution in [2.75, 3.05) is 0 Å². The van der Waals surface area contributed by atoms with Crippen molar-refractivity contribution in [2.24, 2.45) is 5.92 Å². The molecule has 0 bridgehead atoms. The minimum absolute atomic E-state index is 0.431. The van der Waals surface area contributed by atoms with Crippen LogP contribution in [-0.4, -0.2) is 33.1 Å². The molecule has 1 saturated heterocycles. The summed E-state index contributed by atoms with van der Waals surface area (Å²) in [7, 11) is -1.02. The van der Waals surface area contributed by atoms with Gasteiger partial charge in [-0.05, 0) is 51.8 Å². The lowest BCUT2D eigenvalue weighted by atomic mass is 9.86. The Kier molecular flexibility index (Phi) is 5.28. The molecule has 0 atom stereocenters. The molecule has 1 fully saturated rings. The van der Waals surface area contributed by atoms with Gasteiger partial charge in [0.25, 0.3) is 0 Å². The van der Waals surface area contributed by atoms with E-state index in [-0.39, 0.29) is 0 Å².